The molecule has 0 heterocycles. The Kier molecular flexibility index (Phi) is 2.67. The van der Waals surface area contributed by atoms with Crippen molar-refractivity contribution < 1.29 is 19.8 Å². The van der Waals surface area contributed by atoms with Gasteiger partial charge in [0.05, 0.1) is 11.8 Å². The SMILES string of the molecule is O=C(O)[C@H]1[C@H]2CCC[C@@H](CC2)[C@@H]1C(=O)O. The van der Waals surface area contributed by atoms with E-state index in [1.807, 2.05) is 0 Å². The molecule has 4 nitrogen and oxygen atoms in total. The zero-order valence-corrected chi connectivity index (χ0v) is 8.56. The lowest BCUT2D eigenvalue weighted by Gasteiger charge is -2.35. The standard InChI is InChI=1S/C11H16O4/c12-10(13)8-6-2-1-3-7(5-4-6)9(8)11(14)15/h6-9H,1-5H2,(H,12,13)(H,14,15)/t6-,7-,8-,9-/m0/s1. The third-order valence-electron chi connectivity index (χ3n) is 4.03. The maximum atomic E-state index is 11.1. The number of aliphatic carboxylic acids is 2. The summed E-state index contributed by atoms with van der Waals surface area (Å²) in [6.07, 6.45) is 4.55. The van der Waals surface area contributed by atoms with Gasteiger partial charge in [0.25, 0.3) is 0 Å². The van der Waals surface area contributed by atoms with Crippen molar-refractivity contribution in [3.8, 4) is 0 Å². The van der Waals surface area contributed by atoms with E-state index >= 15 is 0 Å². The lowest BCUT2D eigenvalue weighted by Crippen LogP contribution is -2.41. The first-order valence-electron chi connectivity index (χ1n) is 5.57. The summed E-state index contributed by atoms with van der Waals surface area (Å²) in [6, 6.07) is 0. The number of rotatable bonds is 2. The van der Waals surface area contributed by atoms with Crippen LogP contribution in [0.5, 0.6) is 0 Å². The summed E-state index contributed by atoms with van der Waals surface area (Å²) in [5, 5.41) is 18.3. The zero-order valence-electron chi connectivity index (χ0n) is 8.56. The first-order chi connectivity index (χ1) is 7.11. The smallest absolute Gasteiger partial charge is 0.307 e. The van der Waals surface area contributed by atoms with Crippen LogP contribution in [0, 0.1) is 23.7 Å². The van der Waals surface area contributed by atoms with Crippen molar-refractivity contribution in [1.29, 1.82) is 0 Å². The number of carboxylic acid groups (broad SMARTS) is 2. The van der Waals surface area contributed by atoms with Crippen LogP contribution >= 0.6 is 0 Å². The van der Waals surface area contributed by atoms with E-state index in [9.17, 15) is 9.59 Å². The van der Waals surface area contributed by atoms with Gasteiger partial charge in [-0.15, -0.1) is 0 Å². The van der Waals surface area contributed by atoms with Crippen molar-refractivity contribution in [2.24, 2.45) is 23.7 Å². The van der Waals surface area contributed by atoms with Crippen LogP contribution in [0.25, 0.3) is 0 Å². The molecule has 3 saturated carbocycles. The van der Waals surface area contributed by atoms with Crippen LogP contribution in [0.15, 0.2) is 0 Å². The molecule has 4 atom stereocenters. The second-order valence-corrected chi connectivity index (χ2v) is 4.76. The van der Waals surface area contributed by atoms with Gasteiger partial charge >= 0.3 is 11.9 Å². The van der Waals surface area contributed by atoms with Gasteiger partial charge in [0.1, 0.15) is 0 Å². The number of carboxylic acids is 2. The van der Waals surface area contributed by atoms with Crippen LogP contribution in [-0.4, -0.2) is 22.2 Å². The summed E-state index contributed by atoms with van der Waals surface area (Å²) in [4.78, 5) is 22.3. The Morgan fingerprint density at radius 1 is 0.800 bits per heavy atom. The molecule has 15 heavy (non-hydrogen) atoms. The minimum Gasteiger partial charge on any atom is -0.481 e. The zero-order chi connectivity index (χ0) is 11.0. The average Bonchev–Trinajstić information content (AvgIpc) is 2.48. The van der Waals surface area contributed by atoms with Crippen LogP contribution < -0.4 is 0 Å². The summed E-state index contributed by atoms with van der Waals surface area (Å²) in [7, 11) is 0. The molecule has 0 spiro atoms. The number of hydrogen-bond donors (Lipinski definition) is 2. The maximum absolute atomic E-state index is 11.1. The van der Waals surface area contributed by atoms with Gasteiger partial charge in [-0.25, -0.2) is 0 Å². The summed E-state index contributed by atoms with van der Waals surface area (Å²) >= 11 is 0. The first kappa shape index (κ1) is 10.5. The highest BCUT2D eigenvalue weighted by molar-refractivity contribution is 5.80. The van der Waals surface area contributed by atoms with Crippen molar-refractivity contribution in [3.63, 3.8) is 0 Å². The highest BCUT2D eigenvalue weighted by Crippen LogP contribution is 2.46. The Morgan fingerprint density at radius 3 is 1.53 bits per heavy atom. The van der Waals surface area contributed by atoms with Crippen molar-refractivity contribution in [3.05, 3.63) is 0 Å². The van der Waals surface area contributed by atoms with Gasteiger partial charge in [0, 0.05) is 0 Å². The van der Waals surface area contributed by atoms with Crippen molar-refractivity contribution in [2.75, 3.05) is 0 Å². The molecule has 0 saturated heterocycles. The summed E-state index contributed by atoms with van der Waals surface area (Å²) in [5.74, 6) is -2.96. The lowest BCUT2D eigenvalue weighted by molar-refractivity contribution is -0.160. The van der Waals surface area contributed by atoms with E-state index in [1.165, 1.54) is 0 Å². The largest absolute Gasteiger partial charge is 0.481 e. The van der Waals surface area contributed by atoms with Gasteiger partial charge in [-0.05, 0) is 37.5 Å². The third-order valence-corrected chi connectivity index (χ3v) is 4.03. The molecule has 3 fully saturated rings. The first-order valence-corrected chi connectivity index (χ1v) is 5.57. The van der Waals surface area contributed by atoms with Gasteiger partial charge in [-0.2, -0.15) is 0 Å². The minimum absolute atomic E-state index is 0.0855. The molecule has 0 radical (unpaired) electrons. The molecule has 0 aromatic rings. The number of hydrogen-bond acceptors (Lipinski definition) is 2. The van der Waals surface area contributed by atoms with Gasteiger partial charge < -0.3 is 10.2 Å². The molecule has 3 rings (SSSR count). The van der Waals surface area contributed by atoms with Crippen molar-refractivity contribution >= 4 is 11.9 Å². The monoisotopic (exact) mass is 212 g/mol. The minimum atomic E-state index is -0.918. The Labute approximate surface area is 88.3 Å². The molecule has 0 amide bonds. The molecular weight excluding hydrogens is 196 g/mol. The predicted molar refractivity (Wildman–Crippen MR) is 52.3 cm³/mol. The highest BCUT2D eigenvalue weighted by Gasteiger charge is 2.48. The Hall–Kier alpha value is -1.06. The Morgan fingerprint density at radius 2 is 1.20 bits per heavy atom. The third kappa shape index (κ3) is 1.73. The summed E-state index contributed by atoms with van der Waals surface area (Å²) < 4.78 is 0. The van der Waals surface area contributed by atoms with Crippen LogP contribution in [0.2, 0.25) is 0 Å². The van der Waals surface area contributed by atoms with Crippen molar-refractivity contribution in [1.82, 2.24) is 0 Å². The fourth-order valence-electron chi connectivity index (χ4n) is 3.37. The van der Waals surface area contributed by atoms with E-state index in [4.69, 9.17) is 10.2 Å². The fraction of sp³-hybridized carbons (Fsp3) is 0.818. The number of fused-ring (bicyclic) bond motifs is 4. The normalized spacial score (nSPS) is 39.7. The molecule has 0 aromatic heterocycles. The van der Waals surface area contributed by atoms with Crippen LogP contribution in [0.4, 0.5) is 0 Å². The second-order valence-electron chi connectivity index (χ2n) is 4.76. The van der Waals surface area contributed by atoms with E-state index in [0.717, 1.165) is 32.1 Å². The topological polar surface area (TPSA) is 74.6 Å². The van der Waals surface area contributed by atoms with E-state index in [2.05, 4.69) is 0 Å². The van der Waals surface area contributed by atoms with Gasteiger partial charge in [0.15, 0.2) is 0 Å². The highest BCUT2D eigenvalue weighted by atomic mass is 16.4. The Bertz CT molecular complexity index is 254. The molecule has 3 aliphatic carbocycles. The van der Waals surface area contributed by atoms with Crippen LogP contribution in [0.1, 0.15) is 32.1 Å². The summed E-state index contributed by atoms with van der Waals surface area (Å²) in [6.45, 7) is 0. The second kappa shape index (κ2) is 3.83. The van der Waals surface area contributed by atoms with Gasteiger partial charge in [-0.3, -0.25) is 9.59 Å². The predicted octanol–water partition coefficient (Wildman–Crippen LogP) is 1.60. The lowest BCUT2D eigenvalue weighted by atomic mass is 9.68. The molecule has 0 aromatic carbocycles. The van der Waals surface area contributed by atoms with Gasteiger partial charge in [0.2, 0.25) is 0 Å². The maximum Gasteiger partial charge on any atom is 0.307 e. The van der Waals surface area contributed by atoms with E-state index in [1.54, 1.807) is 0 Å². The average molecular weight is 212 g/mol. The van der Waals surface area contributed by atoms with Gasteiger partial charge in [-0.1, -0.05) is 6.42 Å². The molecular formula is C11H16O4. The van der Waals surface area contributed by atoms with E-state index < -0.39 is 23.8 Å². The quantitative estimate of drug-likeness (QED) is 0.729. The van der Waals surface area contributed by atoms with Crippen LogP contribution in [0.3, 0.4) is 0 Å². The number of carbonyl (C=O) groups is 2. The summed E-state index contributed by atoms with van der Waals surface area (Å²) in [5.41, 5.74) is 0. The van der Waals surface area contributed by atoms with Crippen LogP contribution in [-0.2, 0) is 9.59 Å². The molecule has 0 unspecified atom stereocenters. The fourth-order valence-corrected chi connectivity index (χ4v) is 3.37. The molecule has 0 aliphatic heterocycles. The van der Waals surface area contributed by atoms with Crippen molar-refractivity contribution in [2.45, 2.75) is 32.1 Å². The molecule has 2 bridgehead atoms. The Balaban J connectivity index is 2.31. The van der Waals surface area contributed by atoms with E-state index in [0.29, 0.717) is 0 Å². The van der Waals surface area contributed by atoms with E-state index in [-0.39, 0.29) is 11.8 Å². The molecule has 84 valence electrons. The molecule has 2 N–H and O–H groups in total. The molecule has 4 heteroatoms. The molecule has 3 aliphatic rings.